The summed E-state index contributed by atoms with van der Waals surface area (Å²) in [6.07, 6.45) is 0.440. The maximum atomic E-state index is 9.68. The fourth-order valence-electron chi connectivity index (χ4n) is 0.443. The first-order valence-corrected chi connectivity index (χ1v) is 2.87. The lowest BCUT2D eigenvalue weighted by Crippen LogP contribution is -2.39. The van der Waals surface area contributed by atoms with Gasteiger partial charge < -0.3 is 4.74 Å². The molecule has 1 atom stereocenters. The zero-order valence-corrected chi connectivity index (χ0v) is 5.68. The van der Waals surface area contributed by atoms with Crippen LogP contribution in [0.4, 0.5) is 0 Å². The van der Waals surface area contributed by atoms with Crippen LogP contribution in [-0.2, 0) is 9.53 Å². The molecule has 0 saturated heterocycles. The van der Waals surface area contributed by atoms with Crippen molar-refractivity contribution in [1.82, 2.24) is 10.9 Å². The van der Waals surface area contributed by atoms with Crippen molar-refractivity contribution in [3.8, 4) is 0 Å². The van der Waals surface area contributed by atoms with E-state index in [0.717, 1.165) is 0 Å². The van der Waals surface area contributed by atoms with E-state index in [2.05, 4.69) is 10.9 Å². The topological polar surface area (TPSA) is 50.4 Å². The second-order valence-electron chi connectivity index (χ2n) is 1.50. The summed E-state index contributed by atoms with van der Waals surface area (Å²) < 4.78 is 5.01. The summed E-state index contributed by atoms with van der Waals surface area (Å²) >= 11 is 0. The van der Waals surface area contributed by atoms with Crippen LogP contribution >= 0.6 is 0 Å². The lowest BCUT2D eigenvalue weighted by atomic mass is 10.7. The largest absolute Gasteiger partial charge is 0.362 e. The third kappa shape index (κ3) is 5.26. The minimum Gasteiger partial charge on any atom is -0.362 e. The van der Waals surface area contributed by atoms with E-state index in [4.69, 9.17) is 4.74 Å². The van der Waals surface area contributed by atoms with Crippen LogP contribution in [0.1, 0.15) is 13.8 Å². The molecule has 0 spiro atoms. The van der Waals surface area contributed by atoms with Gasteiger partial charge in [-0.2, -0.15) is 0 Å². The van der Waals surface area contributed by atoms with E-state index in [-0.39, 0.29) is 6.23 Å². The van der Waals surface area contributed by atoms with Crippen molar-refractivity contribution in [2.45, 2.75) is 20.1 Å². The van der Waals surface area contributed by atoms with E-state index in [0.29, 0.717) is 13.0 Å². The summed E-state index contributed by atoms with van der Waals surface area (Å²) in [5.74, 6) is 0. The molecule has 0 rings (SSSR count). The van der Waals surface area contributed by atoms with Gasteiger partial charge in [0.15, 0.2) is 0 Å². The highest BCUT2D eigenvalue weighted by molar-refractivity contribution is 5.44. The third-order valence-corrected chi connectivity index (χ3v) is 0.762. The van der Waals surface area contributed by atoms with Crippen LogP contribution in [0.2, 0.25) is 0 Å². The standard InChI is InChI=1S/C5H12N2O2/c1-3-9-5(2)7-6-4-8/h4-5,7H,3H2,1-2H3,(H,6,8). The van der Waals surface area contributed by atoms with Crippen LogP contribution in [0.5, 0.6) is 0 Å². The molecule has 54 valence electrons. The Morgan fingerprint density at radius 1 is 1.78 bits per heavy atom. The SMILES string of the molecule is CCOC(C)NNC=O. The Morgan fingerprint density at radius 2 is 2.44 bits per heavy atom. The van der Waals surface area contributed by atoms with Crippen LogP contribution in [0, 0.1) is 0 Å². The number of carbonyl (C=O) groups excluding carboxylic acids is 1. The Morgan fingerprint density at radius 3 is 2.89 bits per heavy atom. The molecule has 0 aliphatic carbocycles. The van der Waals surface area contributed by atoms with Gasteiger partial charge in [0.25, 0.3) is 0 Å². The fourth-order valence-corrected chi connectivity index (χ4v) is 0.443. The van der Waals surface area contributed by atoms with Crippen molar-refractivity contribution in [3.05, 3.63) is 0 Å². The molecule has 1 unspecified atom stereocenters. The Hall–Kier alpha value is -0.610. The summed E-state index contributed by atoms with van der Waals surface area (Å²) in [6.45, 7) is 4.33. The third-order valence-electron chi connectivity index (χ3n) is 0.762. The van der Waals surface area contributed by atoms with Crippen molar-refractivity contribution in [3.63, 3.8) is 0 Å². The van der Waals surface area contributed by atoms with Crippen molar-refractivity contribution < 1.29 is 9.53 Å². The molecule has 0 heterocycles. The van der Waals surface area contributed by atoms with Crippen molar-refractivity contribution in [2.24, 2.45) is 0 Å². The molecule has 0 saturated carbocycles. The van der Waals surface area contributed by atoms with E-state index in [1.165, 1.54) is 0 Å². The van der Waals surface area contributed by atoms with Gasteiger partial charge >= 0.3 is 0 Å². The molecule has 0 aromatic rings. The van der Waals surface area contributed by atoms with Gasteiger partial charge in [-0.15, -0.1) is 0 Å². The molecule has 0 fully saturated rings. The van der Waals surface area contributed by atoms with Crippen molar-refractivity contribution >= 4 is 6.41 Å². The monoisotopic (exact) mass is 132 g/mol. The second kappa shape index (κ2) is 5.53. The Kier molecular flexibility index (Phi) is 5.15. The molecule has 4 nitrogen and oxygen atoms in total. The Labute approximate surface area is 54.5 Å². The maximum absolute atomic E-state index is 9.68. The van der Waals surface area contributed by atoms with Gasteiger partial charge in [0.05, 0.1) is 0 Å². The number of amides is 1. The number of hydrogen-bond donors (Lipinski definition) is 2. The molecule has 0 aliphatic heterocycles. The molecule has 9 heavy (non-hydrogen) atoms. The Bertz CT molecular complexity index is 77.4. The highest BCUT2D eigenvalue weighted by atomic mass is 16.5. The summed E-state index contributed by atoms with van der Waals surface area (Å²) in [4.78, 5) is 9.68. The predicted octanol–water partition coefficient (Wildman–Crippen LogP) is -0.381. The van der Waals surface area contributed by atoms with Gasteiger partial charge in [-0.25, -0.2) is 5.43 Å². The molecule has 0 bridgehead atoms. The molecule has 0 aromatic heterocycles. The summed E-state index contributed by atoms with van der Waals surface area (Å²) in [7, 11) is 0. The summed E-state index contributed by atoms with van der Waals surface area (Å²) in [5.41, 5.74) is 4.87. The zero-order valence-electron chi connectivity index (χ0n) is 5.68. The van der Waals surface area contributed by atoms with Crippen LogP contribution in [0.25, 0.3) is 0 Å². The molecule has 0 aromatic carbocycles. The smallest absolute Gasteiger partial charge is 0.221 e. The van der Waals surface area contributed by atoms with Crippen LogP contribution < -0.4 is 10.9 Å². The average molecular weight is 132 g/mol. The number of carbonyl (C=O) groups is 1. The normalized spacial score (nSPS) is 12.7. The van der Waals surface area contributed by atoms with Crippen LogP contribution in [0.3, 0.4) is 0 Å². The second-order valence-corrected chi connectivity index (χ2v) is 1.50. The molecular formula is C5H12N2O2. The van der Waals surface area contributed by atoms with Gasteiger partial charge in [0.1, 0.15) is 6.23 Å². The minimum atomic E-state index is -0.125. The number of ether oxygens (including phenoxy) is 1. The lowest BCUT2D eigenvalue weighted by molar-refractivity contribution is -0.111. The summed E-state index contributed by atoms with van der Waals surface area (Å²) in [5, 5.41) is 0. The van der Waals surface area contributed by atoms with Crippen LogP contribution in [-0.4, -0.2) is 19.2 Å². The highest BCUT2D eigenvalue weighted by Crippen LogP contribution is 1.79. The zero-order chi connectivity index (χ0) is 7.11. The molecule has 4 heteroatoms. The maximum Gasteiger partial charge on any atom is 0.221 e. The molecular weight excluding hydrogens is 120 g/mol. The minimum absolute atomic E-state index is 0.125. The number of rotatable bonds is 5. The van der Waals surface area contributed by atoms with E-state index in [9.17, 15) is 4.79 Å². The molecule has 2 N–H and O–H groups in total. The van der Waals surface area contributed by atoms with Crippen molar-refractivity contribution in [2.75, 3.05) is 6.61 Å². The fraction of sp³-hybridized carbons (Fsp3) is 0.800. The molecule has 1 amide bonds. The quantitative estimate of drug-likeness (QED) is 0.304. The molecule has 0 radical (unpaired) electrons. The van der Waals surface area contributed by atoms with Gasteiger partial charge in [-0.3, -0.25) is 10.2 Å². The molecule has 0 aliphatic rings. The van der Waals surface area contributed by atoms with E-state index < -0.39 is 0 Å². The van der Waals surface area contributed by atoms with Gasteiger partial charge in [0.2, 0.25) is 6.41 Å². The van der Waals surface area contributed by atoms with Gasteiger partial charge in [0, 0.05) is 6.61 Å². The first-order valence-electron chi connectivity index (χ1n) is 2.87. The van der Waals surface area contributed by atoms with E-state index in [1.54, 1.807) is 6.92 Å². The number of hydrogen-bond acceptors (Lipinski definition) is 3. The first kappa shape index (κ1) is 8.39. The lowest BCUT2D eigenvalue weighted by Gasteiger charge is -2.10. The van der Waals surface area contributed by atoms with Gasteiger partial charge in [-0.1, -0.05) is 0 Å². The van der Waals surface area contributed by atoms with Crippen molar-refractivity contribution in [1.29, 1.82) is 0 Å². The van der Waals surface area contributed by atoms with Crippen LogP contribution in [0.15, 0.2) is 0 Å². The first-order chi connectivity index (χ1) is 4.31. The number of hydrazine groups is 1. The van der Waals surface area contributed by atoms with Gasteiger partial charge in [-0.05, 0) is 13.8 Å². The highest BCUT2D eigenvalue weighted by Gasteiger charge is 1.94. The average Bonchev–Trinajstić information content (AvgIpc) is 1.85. The number of nitrogens with one attached hydrogen (secondary N) is 2. The summed E-state index contributed by atoms with van der Waals surface area (Å²) in [6, 6.07) is 0. The van der Waals surface area contributed by atoms with E-state index >= 15 is 0 Å². The Balaban J connectivity index is 3.04. The van der Waals surface area contributed by atoms with E-state index in [1.807, 2.05) is 6.92 Å². The predicted molar refractivity (Wildman–Crippen MR) is 33.4 cm³/mol.